The van der Waals surface area contributed by atoms with Gasteiger partial charge in [0.1, 0.15) is 6.61 Å². The van der Waals surface area contributed by atoms with Gasteiger partial charge in [-0.3, -0.25) is 9.59 Å². The molecule has 1 fully saturated rings. The van der Waals surface area contributed by atoms with Crippen LogP contribution < -0.4 is 19.8 Å². The molecule has 1 saturated heterocycles. The van der Waals surface area contributed by atoms with E-state index in [1.807, 2.05) is 68.4 Å². The van der Waals surface area contributed by atoms with Crippen molar-refractivity contribution in [2.24, 2.45) is 11.0 Å². The number of hydrazone groups is 1. The molecule has 36 heavy (non-hydrogen) atoms. The lowest BCUT2D eigenvalue weighted by Gasteiger charge is -2.16. The van der Waals surface area contributed by atoms with E-state index >= 15 is 0 Å². The van der Waals surface area contributed by atoms with E-state index in [0.29, 0.717) is 36.3 Å². The van der Waals surface area contributed by atoms with Gasteiger partial charge in [0.25, 0.3) is 0 Å². The average molecular weight is 506 g/mol. The number of hydrogen-bond donors (Lipinski definition) is 1. The zero-order valence-corrected chi connectivity index (χ0v) is 21.0. The van der Waals surface area contributed by atoms with Gasteiger partial charge < -0.3 is 14.4 Å². The maximum Gasteiger partial charge on any atom is 0.245 e. The Labute approximate surface area is 215 Å². The molecule has 186 valence electrons. The molecule has 1 aliphatic rings. The van der Waals surface area contributed by atoms with Crippen LogP contribution in [0.15, 0.2) is 71.8 Å². The molecule has 0 bridgehead atoms. The van der Waals surface area contributed by atoms with Crippen LogP contribution in [0, 0.1) is 12.8 Å². The van der Waals surface area contributed by atoms with Gasteiger partial charge in [-0.05, 0) is 55.8 Å². The molecule has 2 amide bonds. The maximum atomic E-state index is 12.6. The molecular weight excluding hydrogens is 478 g/mol. The highest BCUT2D eigenvalue weighted by molar-refractivity contribution is 6.31. The molecule has 1 aliphatic heterocycles. The Morgan fingerprint density at radius 1 is 1.11 bits per heavy atom. The van der Waals surface area contributed by atoms with Crippen LogP contribution in [0.3, 0.4) is 0 Å². The number of amides is 2. The molecule has 0 saturated carbocycles. The molecule has 0 radical (unpaired) electrons. The second-order valence-corrected chi connectivity index (χ2v) is 8.90. The molecule has 7 nitrogen and oxygen atoms in total. The summed E-state index contributed by atoms with van der Waals surface area (Å²) in [5.41, 5.74) is 6.07. The molecule has 0 unspecified atom stereocenters. The van der Waals surface area contributed by atoms with Crippen molar-refractivity contribution in [2.75, 3.05) is 18.1 Å². The summed E-state index contributed by atoms with van der Waals surface area (Å²) in [4.78, 5) is 26.7. The number of nitrogens with zero attached hydrogens (tertiary/aromatic N) is 2. The fourth-order valence-electron chi connectivity index (χ4n) is 3.88. The van der Waals surface area contributed by atoms with Gasteiger partial charge in [-0.1, -0.05) is 47.5 Å². The number of rotatable bonds is 9. The maximum absolute atomic E-state index is 12.6. The quantitative estimate of drug-likeness (QED) is 0.323. The first-order valence-corrected chi connectivity index (χ1v) is 12.2. The second kappa shape index (κ2) is 11.7. The fraction of sp³-hybridized carbons (Fsp3) is 0.250. The summed E-state index contributed by atoms with van der Waals surface area (Å²) < 4.78 is 11.7. The fourth-order valence-corrected chi connectivity index (χ4v) is 4.07. The highest BCUT2D eigenvalue weighted by Crippen LogP contribution is 2.30. The molecule has 4 rings (SSSR count). The molecule has 1 heterocycles. The van der Waals surface area contributed by atoms with Crippen LogP contribution in [0.25, 0.3) is 0 Å². The summed E-state index contributed by atoms with van der Waals surface area (Å²) in [5, 5.41) is 4.73. The molecule has 3 aromatic carbocycles. The van der Waals surface area contributed by atoms with E-state index in [1.54, 1.807) is 17.0 Å². The van der Waals surface area contributed by atoms with Gasteiger partial charge in [-0.15, -0.1) is 0 Å². The van der Waals surface area contributed by atoms with E-state index in [2.05, 4.69) is 10.5 Å². The molecule has 3 aromatic rings. The summed E-state index contributed by atoms with van der Waals surface area (Å²) in [5.74, 6) is 0.319. The van der Waals surface area contributed by atoms with Gasteiger partial charge in [-0.2, -0.15) is 5.10 Å². The van der Waals surface area contributed by atoms with Crippen molar-refractivity contribution in [3.05, 3.63) is 88.4 Å². The van der Waals surface area contributed by atoms with Crippen molar-refractivity contribution in [3.63, 3.8) is 0 Å². The number of anilines is 1. The topological polar surface area (TPSA) is 80.2 Å². The number of carbonyl (C=O) groups excluding carboxylic acids is 2. The van der Waals surface area contributed by atoms with E-state index in [0.717, 1.165) is 22.4 Å². The van der Waals surface area contributed by atoms with Crippen molar-refractivity contribution >= 4 is 35.3 Å². The number of aryl methyl sites for hydroxylation is 1. The normalized spacial score (nSPS) is 15.4. The second-order valence-electron chi connectivity index (χ2n) is 8.49. The SMILES string of the molecule is CCOc1cc(/C=N/NC(=O)[C@H]2CC(=O)N(c3ccc(C)cc3)C2)ccc1OCc1ccccc1Cl. The predicted octanol–water partition coefficient (Wildman–Crippen LogP) is 5.13. The third-order valence-corrected chi connectivity index (χ3v) is 6.21. The first-order valence-electron chi connectivity index (χ1n) is 11.8. The molecular formula is C28H28ClN3O4. The van der Waals surface area contributed by atoms with Crippen LogP contribution >= 0.6 is 11.6 Å². The number of benzene rings is 3. The van der Waals surface area contributed by atoms with Gasteiger partial charge >= 0.3 is 0 Å². The largest absolute Gasteiger partial charge is 0.490 e. The van der Waals surface area contributed by atoms with Crippen LogP contribution in [-0.2, 0) is 16.2 Å². The molecule has 8 heteroatoms. The standard InChI is InChI=1S/C28H28ClN3O4/c1-3-35-26-14-20(10-13-25(26)36-18-21-6-4-5-7-24(21)29)16-30-31-28(34)22-15-27(33)32(17-22)23-11-8-19(2)9-12-23/h4-14,16,22H,3,15,17-18H2,1-2H3,(H,31,34)/b30-16+/t22-/m0/s1. The number of halogens is 1. The minimum Gasteiger partial charge on any atom is -0.490 e. The first kappa shape index (κ1) is 25.3. The lowest BCUT2D eigenvalue weighted by Crippen LogP contribution is -2.30. The van der Waals surface area contributed by atoms with E-state index in [4.69, 9.17) is 21.1 Å². The molecule has 0 aromatic heterocycles. The zero-order chi connectivity index (χ0) is 25.5. The Kier molecular flexibility index (Phi) is 8.23. The van der Waals surface area contributed by atoms with Crippen molar-refractivity contribution in [1.29, 1.82) is 0 Å². The summed E-state index contributed by atoms with van der Waals surface area (Å²) in [7, 11) is 0. The van der Waals surface area contributed by atoms with E-state index in [9.17, 15) is 9.59 Å². The van der Waals surface area contributed by atoms with Crippen LogP contribution in [0.4, 0.5) is 5.69 Å². The Balaban J connectivity index is 1.36. The summed E-state index contributed by atoms with van der Waals surface area (Å²) in [6.07, 6.45) is 1.69. The van der Waals surface area contributed by atoms with E-state index in [1.165, 1.54) is 6.21 Å². The third kappa shape index (κ3) is 6.23. The van der Waals surface area contributed by atoms with Gasteiger partial charge in [0.05, 0.1) is 18.7 Å². The van der Waals surface area contributed by atoms with Gasteiger partial charge in [0, 0.05) is 29.2 Å². The Morgan fingerprint density at radius 2 is 1.89 bits per heavy atom. The number of carbonyl (C=O) groups is 2. The number of hydrogen-bond acceptors (Lipinski definition) is 5. The lowest BCUT2D eigenvalue weighted by molar-refractivity contribution is -0.126. The number of ether oxygens (including phenoxy) is 2. The predicted molar refractivity (Wildman–Crippen MR) is 141 cm³/mol. The molecule has 0 spiro atoms. The van der Waals surface area contributed by atoms with Crippen molar-refractivity contribution in [3.8, 4) is 11.5 Å². The van der Waals surface area contributed by atoms with E-state index < -0.39 is 5.92 Å². The first-order chi connectivity index (χ1) is 17.4. The minimum absolute atomic E-state index is 0.0725. The highest BCUT2D eigenvalue weighted by atomic mass is 35.5. The minimum atomic E-state index is -0.462. The Bertz CT molecular complexity index is 1260. The van der Waals surface area contributed by atoms with Gasteiger partial charge in [-0.25, -0.2) is 5.43 Å². The monoisotopic (exact) mass is 505 g/mol. The van der Waals surface area contributed by atoms with Crippen LogP contribution in [0.5, 0.6) is 11.5 Å². The third-order valence-electron chi connectivity index (χ3n) is 5.84. The van der Waals surface area contributed by atoms with Crippen LogP contribution in [-0.4, -0.2) is 31.2 Å². The van der Waals surface area contributed by atoms with Gasteiger partial charge in [0.2, 0.25) is 11.8 Å². The van der Waals surface area contributed by atoms with Crippen LogP contribution in [0.1, 0.15) is 30.0 Å². The Morgan fingerprint density at radius 3 is 2.64 bits per heavy atom. The summed E-state index contributed by atoms with van der Waals surface area (Å²) >= 11 is 6.21. The van der Waals surface area contributed by atoms with Crippen LogP contribution in [0.2, 0.25) is 5.02 Å². The van der Waals surface area contributed by atoms with Crippen molar-refractivity contribution in [2.45, 2.75) is 26.9 Å². The number of nitrogens with one attached hydrogen (secondary N) is 1. The molecule has 0 aliphatic carbocycles. The highest BCUT2D eigenvalue weighted by Gasteiger charge is 2.35. The molecule has 1 N–H and O–H groups in total. The summed E-state index contributed by atoms with van der Waals surface area (Å²) in [6.45, 7) is 4.98. The molecule has 1 atom stereocenters. The average Bonchev–Trinajstić information content (AvgIpc) is 3.26. The lowest BCUT2D eigenvalue weighted by atomic mass is 10.1. The Hall–Kier alpha value is -3.84. The van der Waals surface area contributed by atoms with Gasteiger partial charge in [0.15, 0.2) is 11.5 Å². The van der Waals surface area contributed by atoms with Crippen molar-refractivity contribution in [1.82, 2.24) is 5.43 Å². The van der Waals surface area contributed by atoms with Crippen molar-refractivity contribution < 1.29 is 19.1 Å². The zero-order valence-electron chi connectivity index (χ0n) is 20.2. The summed E-state index contributed by atoms with van der Waals surface area (Å²) in [6, 6.07) is 20.6. The van der Waals surface area contributed by atoms with E-state index in [-0.39, 0.29) is 18.2 Å². The smallest absolute Gasteiger partial charge is 0.245 e.